The number of carbonyl (C=O) groups excluding carboxylic acids is 1. The molecule has 0 spiro atoms. The lowest BCUT2D eigenvalue weighted by molar-refractivity contribution is -0.149. The molecule has 0 radical (unpaired) electrons. The van der Waals surface area contributed by atoms with E-state index < -0.39 is 56.6 Å². The molecule has 0 amide bonds. The van der Waals surface area contributed by atoms with Crippen LogP contribution in [0.2, 0.25) is 0 Å². The van der Waals surface area contributed by atoms with Gasteiger partial charge in [0.05, 0.1) is 19.0 Å². The first-order chi connectivity index (χ1) is 19.8. The molecule has 4 rings (SSSR count). The lowest BCUT2D eigenvalue weighted by Crippen LogP contribution is -2.42. The third-order valence-corrected chi connectivity index (χ3v) is 7.94. The smallest absolute Gasteiger partial charge is 0.459 e. The minimum atomic E-state index is -4.33. The van der Waals surface area contributed by atoms with Crippen molar-refractivity contribution in [1.82, 2.24) is 24.6 Å². The van der Waals surface area contributed by atoms with Crippen molar-refractivity contribution < 1.29 is 37.4 Å². The number of nitrogens with one attached hydrogen (secondary N) is 1. The molecule has 1 aliphatic rings. The predicted octanol–water partition coefficient (Wildman–Crippen LogP) is 2.93. The van der Waals surface area contributed by atoms with E-state index in [1.807, 2.05) is 5.92 Å². The van der Waals surface area contributed by atoms with Gasteiger partial charge in [0.25, 0.3) is 0 Å². The van der Waals surface area contributed by atoms with Gasteiger partial charge in [-0.3, -0.25) is 13.9 Å². The van der Waals surface area contributed by atoms with Gasteiger partial charge >= 0.3 is 13.7 Å². The molecular weight excluding hydrogens is 570 g/mol. The second kappa shape index (κ2) is 12.3. The lowest BCUT2D eigenvalue weighted by Gasteiger charge is -2.25. The highest BCUT2D eigenvalue weighted by molar-refractivity contribution is 7.52. The SMILES string of the molecule is C#C[C@@]1(F)[C@H](O)[C@@H](CO[P@](=O)(N[C@H](C)C(=O)OC(C)C)Oc2ccccc2)O[C@H]1n1cnc2c(N(C)C)nc(C)nc21. The average molecular weight is 605 g/mol. The van der Waals surface area contributed by atoms with Crippen LogP contribution >= 0.6 is 7.75 Å². The van der Waals surface area contributed by atoms with Gasteiger partial charge in [-0.2, -0.15) is 5.09 Å². The number of benzene rings is 1. The fourth-order valence-electron chi connectivity index (χ4n) is 4.31. The van der Waals surface area contributed by atoms with Gasteiger partial charge in [0.1, 0.15) is 29.8 Å². The highest BCUT2D eigenvalue weighted by Gasteiger charge is 2.58. The van der Waals surface area contributed by atoms with Crippen molar-refractivity contribution in [2.24, 2.45) is 0 Å². The van der Waals surface area contributed by atoms with Crippen LogP contribution in [0.15, 0.2) is 36.7 Å². The van der Waals surface area contributed by atoms with Crippen molar-refractivity contribution in [3.63, 3.8) is 0 Å². The zero-order chi connectivity index (χ0) is 30.8. The van der Waals surface area contributed by atoms with E-state index in [0.717, 1.165) is 0 Å². The Bertz CT molecular complexity index is 1510. The Kier molecular flexibility index (Phi) is 9.20. The van der Waals surface area contributed by atoms with Crippen molar-refractivity contribution in [2.75, 3.05) is 25.6 Å². The average Bonchev–Trinajstić information content (AvgIpc) is 3.45. The summed E-state index contributed by atoms with van der Waals surface area (Å²) in [5.74, 6) is 2.37. The van der Waals surface area contributed by atoms with E-state index >= 15 is 4.39 Å². The zero-order valence-corrected chi connectivity index (χ0v) is 25.0. The number of aryl methyl sites for hydroxylation is 1. The number of carbonyl (C=O) groups is 1. The molecule has 0 saturated carbocycles. The van der Waals surface area contributed by atoms with Crippen LogP contribution in [0.1, 0.15) is 32.8 Å². The fourth-order valence-corrected chi connectivity index (χ4v) is 5.81. The monoisotopic (exact) mass is 604 g/mol. The van der Waals surface area contributed by atoms with Crippen molar-refractivity contribution >= 4 is 30.7 Å². The third-order valence-electron chi connectivity index (χ3n) is 6.29. The Hall–Kier alpha value is -3.60. The summed E-state index contributed by atoms with van der Waals surface area (Å²) in [5, 5.41) is 13.5. The van der Waals surface area contributed by atoms with E-state index in [1.54, 1.807) is 58.0 Å². The van der Waals surface area contributed by atoms with Gasteiger partial charge in [-0.05, 0) is 39.8 Å². The normalized spacial score (nSPS) is 24.2. The Morgan fingerprint density at radius 3 is 2.62 bits per heavy atom. The van der Waals surface area contributed by atoms with E-state index in [2.05, 4.69) is 20.0 Å². The molecule has 15 heteroatoms. The molecule has 226 valence electrons. The number of terminal acetylenes is 1. The van der Waals surface area contributed by atoms with Crippen molar-refractivity contribution in [1.29, 1.82) is 0 Å². The van der Waals surface area contributed by atoms with Gasteiger partial charge in [-0.25, -0.2) is 23.9 Å². The van der Waals surface area contributed by atoms with Crippen LogP contribution < -0.4 is 14.5 Å². The van der Waals surface area contributed by atoms with Crippen molar-refractivity contribution in [3.8, 4) is 18.1 Å². The Morgan fingerprint density at radius 2 is 2.00 bits per heavy atom. The molecule has 42 heavy (non-hydrogen) atoms. The first-order valence-electron chi connectivity index (χ1n) is 13.1. The topological polar surface area (TPSA) is 150 Å². The van der Waals surface area contributed by atoms with E-state index in [1.165, 1.54) is 30.0 Å². The Labute approximate surface area is 242 Å². The fraction of sp³-hybridized carbons (Fsp3) is 0.481. The number of alkyl halides is 1. The van der Waals surface area contributed by atoms with Crippen LogP contribution in [-0.4, -0.2) is 81.3 Å². The van der Waals surface area contributed by atoms with E-state index in [4.69, 9.17) is 24.9 Å². The molecule has 0 aliphatic carbocycles. The van der Waals surface area contributed by atoms with E-state index in [0.29, 0.717) is 17.2 Å². The van der Waals surface area contributed by atoms with Crippen LogP contribution in [0.5, 0.6) is 5.75 Å². The number of hydrogen-bond donors (Lipinski definition) is 2. The van der Waals surface area contributed by atoms with Crippen LogP contribution in [-0.2, 0) is 23.4 Å². The van der Waals surface area contributed by atoms with E-state index in [-0.39, 0.29) is 11.4 Å². The molecule has 2 aromatic heterocycles. The summed E-state index contributed by atoms with van der Waals surface area (Å²) in [7, 11) is -0.778. The Morgan fingerprint density at radius 1 is 1.31 bits per heavy atom. The summed E-state index contributed by atoms with van der Waals surface area (Å²) < 4.78 is 53.7. The first-order valence-corrected chi connectivity index (χ1v) is 14.7. The number of anilines is 1. The van der Waals surface area contributed by atoms with Crippen LogP contribution in [0.4, 0.5) is 10.2 Å². The minimum Gasteiger partial charge on any atom is -0.462 e. The number of aromatic nitrogens is 4. The number of halogens is 1. The Balaban J connectivity index is 1.61. The number of nitrogens with zero attached hydrogens (tertiary/aromatic N) is 5. The summed E-state index contributed by atoms with van der Waals surface area (Å²) in [6.45, 7) is 5.81. The van der Waals surface area contributed by atoms with Gasteiger partial charge in [0.15, 0.2) is 23.2 Å². The quantitative estimate of drug-likeness (QED) is 0.188. The second-order valence-corrected chi connectivity index (χ2v) is 11.9. The maximum Gasteiger partial charge on any atom is 0.459 e. The molecule has 0 unspecified atom stereocenters. The summed E-state index contributed by atoms with van der Waals surface area (Å²) >= 11 is 0. The first kappa shape index (κ1) is 31.3. The third kappa shape index (κ3) is 6.40. The number of ether oxygens (including phenoxy) is 2. The van der Waals surface area contributed by atoms with E-state index in [9.17, 15) is 14.5 Å². The van der Waals surface area contributed by atoms with Gasteiger partial charge in [-0.1, -0.05) is 24.1 Å². The summed E-state index contributed by atoms with van der Waals surface area (Å²) in [6.07, 6.45) is 1.57. The molecule has 3 heterocycles. The van der Waals surface area contributed by atoms with Gasteiger partial charge in [-0.15, -0.1) is 6.42 Å². The highest BCUT2D eigenvalue weighted by atomic mass is 31.2. The minimum absolute atomic E-state index is 0.170. The molecule has 3 aromatic rings. The van der Waals surface area contributed by atoms with Gasteiger partial charge < -0.3 is 24.0 Å². The number of fused-ring (bicyclic) bond motifs is 1. The number of para-hydroxylation sites is 1. The molecule has 6 atom stereocenters. The molecule has 1 aromatic carbocycles. The number of esters is 1. The molecule has 13 nitrogen and oxygen atoms in total. The molecule has 0 bridgehead atoms. The van der Waals surface area contributed by atoms with Crippen LogP contribution in [0.3, 0.4) is 0 Å². The van der Waals surface area contributed by atoms with Gasteiger partial charge in [0.2, 0.25) is 5.67 Å². The molecule has 1 aliphatic heterocycles. The van der Waals surface area contributed by atoms with Crippen molar-refractivity contribution in [2.45, 2.75) is 63.9 Å². The summed E-state index contributed by atoms with van der Waals surface area (Å²) in [4.78, 5) is 27.2. The maximum atomic E-state index is 16.3. The molecule has 1 fully saturated rings. The van der Waals surface area contributed by atoms with Crippen molar-refractivity contribution in [3.05, 3.63) is 42.5 Å². The summed E-state index contributed by atoms with van der Waals surface area (Å²) in [6, 6.07) is 6.99. The number of hydrogen-bond acceptors (Lipinski definition) is 11. The zero-order valence-electron chi connectivity index (χ0n) is 24.1. The largest absolute Gasteiger partial charge is 0.462 e. The lowest BCUT2D eigenvalue weighted by atomic mass is 9.97. The summed E-state index contributed by atoms with van der Waals surface area (Å²) in [5.41, 5.74) is -2.14. The highest BCUT2D eigenvalue weighted by Crippen LogP contribution is 2.48. The number of aliphatic hydroxyl groups is 1. The second-order valence-electron chi connectivity index (χ2n) is 10.2. The molecule has 1 saturated heterocycles. The van der Waals surface area contributed by atoms with Gasteiger partial charge in [0, 0.05) is 14.1 Å². The van der Waals surface area contributed by atoms with Crippen LogP contribution in [0, 0.1) is 19.3 Å². The number of aliphatic hydroxyl groups excluding tert-OH is 1. The number of rotatable bonds is 11. The maximum absolute atomic E-state index is 16.3. The molecular formula is C27H34FN6O7P. The standard InChI is InChI=1S/C27H34FN6O7P/c1-8-27(28)22(35)20(40-26(27)34-15-29-21-23(33(6)7)30-18(5)31-24(21)34)14-38-42(37,41-19-12-10-9-11-13-19)32-17(4)25(36)39-16(2)3/h1,9-13,15-17,20,22,26,35H,14H2,2-7H3,(H,32,37)/t17-,20-,22-,26-,27-,42-/m1/s1. The number of imidazole rings is 1. The predicted molar refractivity (Wildman–Crippen MR) is 151 cm³/mol. The molecule has 2 N–H and O–H groups in total. The van der Waals surface area contributed by atoms with Crippen LogP contribution in [0.25, 0.3) is 11.2 Å².